The fraction of sp³-hybridized carbons (Fsp3) is 0.267. The first kappa shape index (κ1) is 14.8. The summed E-state index contributed by atoms with van der Waals surface area (Å²) in [5.74, 6) is 0.826. The van der Waals surface area contributed by atoms with Gasteiger partial charge in [-0.15, -0.1) is 0 Å². The van der Waals surface area contributed by atoms with Crippen LogP contribution < -0.4 is 15.7 Å². The molecule has 1 amide bonds. The van der Waals surface area contributed by atoms with Gasteiger partial charge in [-0.05, 0) is 30.2 Å². The first-order chi connectivity index (χ1) is 10.2. The molecule has 1 aromatic heterocycles. The van der Waals surface area contributed by atoms with E-state index >= 15 is 0 Å². The van der Waals surface area contributed by atoms with Gasteiger partial charge in [0.15, 0.2) is 0 Å². The molecule has 0 bridgehead atoms. The fourth-order valence-electron chi connectivity index (χ4n) is 1.74. The number of nitrogens with one attached hydrogen (secondary N) is 2. The predicted molar refractivity (Wildman–Crippen MR) is 79.4 cm³/mol. The number of rotatable bonds is 6. The SMILES string of the molecule is CCc1ccc(OCCC(=O)Nc2ccnc(=O)[nH]2)cc1. The Morgan fingerprint density at radius 2 is 2.05 bits per heavy atom. The van der Waals surface area contributed by atoms with Crippen molar-refractivity contribution in [2.75, 3.05) is 11.9 Å². The van der Waals surface area contributed by atoms with Crippen molar-refractivity contribution in [3.8, 4) is 5.75 Å². The monoisotopic (exact) mass is 287 g/mol. The molecular weight excluding hydrogens is 270 g/mol. The van der Waals surface area contributed by atoms with Crippen molar-refractivity contribution in [3.05, 3.63) is 52.6 Å². The van der Waals surface area contributed by atoms with Gasteiger partial charge in [0.05, 0.1) is 13.0 Å². The van der Waals surface area contributed by atoms with Gasteiger partial charge in [-0.2, -0.15) is 0 Å². The molecule has 0 aliphatic rings. The minimum atomic E-state index is -0.500. The lowest BCUT2D eigenvalue weighted by molar-refractivity contribution is -0.116. The van der Waals surface area contributed by atoms with Crippen LogP contribution in [0.3, 0.4) is 0 Å². The van der Waals surface area contributed by atoms with Crippen molar-refractivity contribution in [3.63, 3.8) is 0 Å². The summed E-state index contributed by atoms with van der Waals surface area (Å²) in [5, 5.41) is 2.57. The largest absolute Gasteiger partial charge is 0.493 e. The first-order valence-corrected chi connectivity index (χ1v) is 6.74. The highest BCUT2D eigenvalue weighted by Gasteiger charge is 2.03. The third-order valence-electron chi connectivity index (χ3n) is 2.88. The Hall–Kier alpha value is -2.63. The molecule has 6 nitrogen and oxygen atoms in total. The molecular formula is C15H17N3O3. The van der Waals surface area contributed by atoms with Gasteiger partial charge < -0.3 is 10.1 Å². The van der Waals surface area contributed by atoms with E-state index in [1.165, 1.54) is 17.8 Å². The van der Waals surface area contributed by atoms with Crippen LogP contribution in [0, 0.1) is 0 Å². The van der Waals surface area contributed by atoms with Gasteiger partial charge in [-0.3, -0.25) is 9.78 Å². The van der Waals surface area contributed by atoms with Gasteiger partial charge in [-0.25, -0.2) is 9.78 Å². The summed E-state index contributed by atoms with van der Waals surface area (Å²) >= 11 is 0. The Balaban J connectivity index is 1.77. The lowest BCUT2D eigenvalue weighted by Crippen LogP contribution is -2.19. The number of nitrogens with zero attached hydrogens (tertiary/aromatic N) is 1. The van der Waals surface area contributed by atoms with Crippen LogP contribution in [0.1, 0.15) is 18.9 Å². The summed E-state index contributed by atoms with van der Waals surface area (Å²) in [6.45, 7) is 2.36. The first-order valence-electron chi connectivity index (χ1n) is 6.74. The number of carbonyl (C=O) groups is 1. The molecule has 1 aromatic carbocycles. The molecule has 0 aliphatic heterocycles. The fourth-order valence-corrected chi connectivity index (χ4v) is 1.74. The third-order valence-corrected chi connectivity index (χ3v) is 2.88. The van der Waals surface area contributed by atoms with Crippen LogP contribution in [0.25, 0.3) is 0 Å². The van der Waals surface area contributed by atoms with Crippen molar-refractivity contribution >= 4 is 11.7 Å². The lowest BCUT2D eigenvalue weighted by atomic mass is 10.2. The molecule has 0 unspecified atom stereocenters. The molecule has 0 saturated heterocycles. The lowest BCUT2D eigenvalue weighted by Gasteiger charge is -2.07. The number of aromatic amines is 1. The topological polar surface area (TPSA) is 84.1 Å². The van der Waals surface area contributed by atoms with Crippen LogP contribution in [0.4, 0.5) is 5.82 Å². The third kappa shape index (κ3) is 4.76. The van der Waals surface area contributed by atoms with E-state index in [9.17, 15) is 9.59 Å². The zero-order chi connectivity index (χ0) is 15.1. The van der Waals surface area contributed by atoms with Crippen molar-refractivity contribution < 1.29 is 9.53 Å². The van der Waals surface area contributed by atoms with Gasteiger partial charge in [0, 0.05) is 6.20 Å². The molecule has 0 atom stereocenters. The van der Waals surface area contributed by atoms with E-state index in [0.29, 0.717) is 5.82 Å². The van der Waals surface area contributed by atoms with Crippen LogP contribution in [0.2, 0.25) is 0 Å². The maximum Gasteiger partial charge on any atom is 0.346 e. The van der Waals surface area contributed by atoms with Crippen LogP contribution in [-0.4, -0.2) is 22.5 Å². The highest BCUT2D eigenvalue weighted by Crippen LogP contribution is 2.12. The number of hydrogen-bond donors (Lipinski definition) is 2. The molecule has 21 heavy (non-hydrogen) atoms. The second-order valence-corrected chi connectivity index (χ2v) is 4.43. The summed E-state index contributed by atoms with van der Waals surface area (Å²) in [5.41, 5.74) is 0.738. The van der Waals surface area contributed by atoms with Gasteiger partial charge in [0.1, 0.15) is 11.6 Å². The summed E-state index contributed by atoms with van der Waals surface area (Å²) in [6.07, 6.45) is 2.51. The van der Waals surface area contributed by atoms with Crippen molar-refractivity contribution in [1.82, 2.24) is 9.97 Å². The smallest absolute Gasteiger partial charge is 0.346 e. The van der Waals surface area contributed by atoms with E-state index < -0.39 is 5.69 Å². The number of hydrogen-bond acceptors (Lipinski definition) is 4. The molecule has 0 spiro atoms. The number of aryl methyl sites for hydroxylation is 1. The summed E-state index contributed by atoms with van der Waals surface area (Å²) in [7, 11) is 0. The standard InChI is InChI=1S/C15H17N3O3/c1-2-11-3-5-12(6-4-11)21-10-8-14(19)17-13-7-9-16-15(20)18-13/h3-7,9H,2,8,10H2,1H3,(H2,16,17,18,19,20). The minimum absolute atomic E-state index is 0.194. The number of amides is 1. The summed E-state index contributed by atoms with van der Waals surface area (Å²) in [6, 6.07) is 9.28. The van der Waals surface area contributed by atoms with E-state index in [2.05, 4.69) is 22.2 Å². The predicted octanol–water partition coefficient (Wildman–Crippen LogP) is 1.74. The zero-order valence-corrected chi connectivity index (χ0v) is 11.8. The molecule has 0 fully saturated rings. The molecule has 0 radical (unpaired) electrons. The maximum atomic E-state index is 11.7. The minimum Gasteiger partial charge on any atom is -0.493 e. The van der Waals surface area contributed by atoms with E-state index in [1.54, 1.807) is 0 Å². The van der Waals surface area contributed by atoms with Gasteiger partial charge in [0.25, 0.3) is 0 Å². The number of ether oxygens (including phenoxy) is 1. The molecule has 2 aromatic rings. The van der Waals surface area contributed by atoms with E-state index in [4.69, 9.17) is 4.74 Å². The van der Waals surface area contributed by atoms with Crippen molar-refractivity contribution in [1.29, 1.82) is 0 Å². The normalized spacial score (nSPS) is 10.1. The van der Waals surface area contributed by atoms with Gasteiger partial charge >= 0.3 is 5.69 Å². The Labute approximate surface area is 122 Å². The number of carbonyl (C=O) groups excluding carboxylic acids is 1. The van der Waals surface area contributed by atoms with E-state index in [0.717, 1.165) is 12.2 Å². The highest BCUT2D eigenvalue weighted by atomic mass is 16.5. The van der Waals surface area contributed by atoms with E-state index in [1.807, 2.05) is 24.3 Å². The summed E-state index contributed by atoms with van der Waals surface area (Å²) < 4.78 is 5.49. The average molecular weight is 287 g/mol. The van der Waals surface area contributed by atoms with Crippen molar-refractivity contribution in [2.45, 2.75) is 19.8 Å². The number of aromatic nitrogens is 2. The maximum absolute atomic E-state index is 11.7. The molecule has 2 rings (SSSR count). The van der Waals surface area contributed by atoms with E-state index in [-0.39, 0.29) is 18.9 Å². The Morgan fingerprint density at radius 1 is 1.29 bits per heavy atom. The number of H-pyrrole nitrogens is 1. The number of benzene rings is 1. The Kier molecular flexibility index (Phi) is 5.09. The quantitative estimate of drug-likeness (QED) is 0.847. The highest BCUT2D eigenvalue weighted by molar-refractivity contribution is 5.89. The van der Waals surface area contributed by atoms with Crippen LogP contribution in [-0.2, 0) is 11.2 Å². The van der Waals surface area contributed by atoms with Crippen LogP contribution in [0.15, 0.2) is 41.3 Å². The number of anilines is 1. The summed E-state index contributed by atoms with van der Waals surface area (Å²) in [4.78, 5) is 28.6. The molecule has 1 heterocycles. The molecule has 2 N–H and O–H groups in total. The molecule has 0 aliphatic carbocycles. The van der Waals surface area contributed by atoms with Crippen molar-refractivity contribution in [2.24, 2.45) is 0 Å². The molecule has 6 heteroatoms. The van der Waals surface area contributed by atoms with Crippen LogP contribution >= 0.6 is 0 Å². The molecule has 0 saturated carbocycles. The van der Waals surface area contributed by atoms with Gasteiger partial charge in [0.2, 0.25) is 5.91 Å². The zero-order valence-electron chi connectivity index (χ0n) is 11.8. The average Bonchev–Trinajstić information content (AvgIpc) is 2.48. The Morgan fingerprint density at radius 3 is 2.71 bits per heavy atom. The Bertz CT molecular complexity index is 650. The van der Waals surface area contributed by atoms with Gasteiger partial charge in [-0.1, -0.05) is 19.1 Å². The second-order valence-electron chi connectivity index (χ2n) is 4.43. The van der Waals surface area contributed by atoms with Crippen LogP contribution in [0.5, 0.6) is 5.75 Å². The second kappa shape index (κ2) is 7.23. The molecule has 110 valence electrons.